The van der Waals surface area contributed by atoms with Crippen molar-refractivity contribution in [3.05, 3.63) is 29.8 Å². The number of methoxy groups -OCH3 is 1. The quantitative estimate of drug-likeness (QED) is 0.697. The van der Waals surface area contributed by atoms with Crippen LogP contribution in [0.2, 0.25) is 0 Å². The number of ether oxygens (including phenoxy) is 1. The Morgan fingerprint density at radius 1 is 1.21 bits per heavy atom. The van der Waals surface area contributed by atoms with Crippen molar-refractivity contribution in [2.24, 2.45) is 0 Å². The summed E-state index contributed by atoms with van der Waals surface area (Å²) in [5.74, 6) is 0.975. The second-order valence-electron chi connectivity index (χ2n) is 5.13. The summed E-state index contributed by atoms with van der Waals surface area (Å²) in [6.45, 7) is 3.63. The zero-order valence-electron chi connectivity index (χ0n) is 12.4. The number of rotatable bonds is 9. The number of nitrogens with zero attached hydrogens (tertiary/aromatic N) is 1. The summed E-state index contributed by atoms with van der Waals surface area (Å²) >= 11 is 0. The highest BCUT2D eigenvalue weighted by Crippen LogP contribution is 2.20. The van der Waals surface area contributed by atoms with Gasteiger partial charge in [-0.15, -0.1) is 0 Å². The fourth-order valence-corrected chi connectivity index (χ4v) is 2.22. The minimum atomic E-state index is 0.306. The maximum atomic E-state index is 8.77. The third-order valence-electron chi connectivity index (χ3n) is 3.63. The molecule has 3 nitrogen and oxygen atoms in total. The molecule has 0 aliphatic carbocycles. The van der Waals surface area contributed by atoms with Gasteiger partial charge in [0.05, 0.1) is 7.11 Å². The Morgan fingerprint density at radius 2 is 1.95 bits per heavy atom. The van der Waals surface area contributed by atoms with Crippen LogP contribution in [0, 0.1) is 0 Å². The zero-order chi connectivity index (χ0) is 14.1. The molecule has 1 aromatic carbocycles. The Kier molecular flexibility index (Phi) is 7.53. The molecule has 1 rings (SSSR count). The number of hydrogen-bond acceptors (Lipinski definition) is 3. The summed E-state index contributed by atoms with van der Waals surface area (Å²) in [6, 6.07) is 8.71. The van der Waals surface area contributed by atoms with Crippen LogP contribution in [-0.4, -0.2) is 43.4 Å². The van der Waals surface area contributed by atoms with Gasteiger partial charge >= 0.3 is 0 Å². The number of unbranched alkanes of at least 4 members (excludes halogenated alkanes) is 2. The van der Waals surface area contributed by atoms with Crippen LogP contribution < -0.4 is 4.74 Å². The Balaban J connectivity index is 2.42. The van der Waals surface area contributed by atoms with Crippen LogP contribution in [0.1, 0.15) is 31.7 Å². The first-order chi connectivity index (χ1) is 9.19. The van der Waals surface area contributed by atoms with E-state index in [1.165, 1.54) is 5.56 Å². The average molecular weight is 265 g/mol. The normalized spacial score (nSPS) is 12.7. The van der Waals surface area contributed by atoms with Crippen LogP contribution in [0.5, 0.6) is 5.75 Å². The lowest BCUT2D eigenvalue weighted by atomic mass is 10.0. The van der Waals surface area contributed by atoms with E-state index in [2.05, 4.69) is 31.0 Å². The van der Waals surface area contributed by atoms with Crippen molar-refractivity contribution in [1.29, 1.82) is 0 Å². The number of likely N-dealkylation sites (N-methyl/N-ethyl adjacent to an activating group) is 1. The third kappa shape index (κ3) is 5.62. The lowest BCUT2D eigenvalue weighted by Gasteiger charge is -2.25. The second kappa shape index (κ2) is 8.94. The molecule has 0 spiro atoms. The summed E-state index contributed by atoms with van der Waals surface area (Å²) in [5, 5.41) is 8.77. The van der Waals surface area contributed by atoms with Gasteiger partial charge < -0.3 is 14.7 Å². The van der Waals surface area contributed by atoms with E-state index in [1.54, 1.807) is 7.11 Å². The molecule has 0 aliphatic rings. The van der Waals surface area contributed by atoms with E-state index in [-0.39, 0.29) is 0 Å². The molecule has 0 radical (unpaired) electrons. The van der Waals surface area contributed by atoms with Crippen molar-refractivity contribution < 1.29 is 9.84 Å². The highest BCUT2D eigenvalue weighted by Gasteiger charge is 2.12. The van der Waals surface area contributed by atoms with E-state index >= 15 is 0 Å². The Labute approximate surface area is 117 Å². The fraction of sp³-hybridized carbons (Fsp3) is 0.625. The van der Waals surface area contributed by atoms with Crippen molar-refractivity contribution in [2.75, 3.05) is 27.3 Å². The van der Waals surface area contributed by atoms with Crippen LogP contribution in [-0.2, 0) is 6.42 Å². The second-order valence-corrected chi connectivity index (χ2v) is 5.13. The summed E-state index contributed by atoms with van der Waals surface area (Å²) in [5.41, 5.74) is 1.26. The minimum Gasteiger partial charge on any atom is -0.496 e. The smallest absolute Gasteiger partial charge is 0.122 e. The topological polar surface area (TPSA) is 32.7 Å². The average Bonchev–Trinajstić information content (AvgIpc) is 2.44. The highest BCUT2D eigenvalue weighted by atomic mass is 16.5. The lowest BCUT2D eigenvalue weighted by Crippen LogP contribution is -2.31. The SMILES string of the molecule is COc1ccccc1CC(C)N(C)CCCCCO. The van der Waals surface area contributed by atoms with E-state index < -0.39 is 0 Å². The van der Waals surface area contributed by atoms with E-state index in [1.807, 2.05) is 12.1 Å². The van der Waals surface area contributed by atoms with E-state index in [4.69, 9.17) is 9.84 Å². The van der Waals surface area contributed by atoms with E-state index in [0.29, 0.717) is 12.6 Å². The molecule has 0 aliphatic heterocycles. The first kappa shape index (κ1) is 16.0. The number of para-hydroxylation sites is 1. The van der Waals surface area contributed by atoms with Crippen molar-refractivity contribution >= 4 is 0 Å². The van der Waals surface area contributed by atoms with Gasteiger partial charge in [-0.2, -0.15) is 0 Å². The summed E-state index contributed by atoms with van der Waals surface area (Å²) in [7, 11) is 3.89. The molecule has 1 aromatic rings. The predicted molar refractivity (Wildman–Crippen MR) is 79.7 cm³/mol. The molecule has 1 unspecified atom stereocenters. The van der Waals surface area contributed by atoms with Crippen LogP contribution in [0.4, 0.5) is 0 Å². The van der Waals surface area contributed by atoms with Crippen molar-refractivity contribution in [2.45, 2.75) is 38.6 Å². The van der Waals surface area contributed by atoms with Crippen LogP contribution in [0.3, 0.4) is 0 Å². The van der Waals surface area contributed by atoms with Crippen LogP contribution >= 0.6 is 0 Å². The Bertz CT molecular complexity index is 354. The molecule has 0 fully saturated rings. The Hall–Kier alpha value is -1.06. The van der Waals surface area contributed by atoms with Crippen LogP contribution in [0.15, 0.2) is 24.3 Å². The highest BCUT2D eigenvalue weighted by molar-refractivity contribution is 5.33. The molecule has 19 heavy (non-hydrogen) atoms. The van der Waals surface area contributed by atoms with Crippen molar-refractivity contribution in [3.63, 3.8) is 0 Å². The van der Waals surface area contributed by atoms with Gasteiger partial charge in [0.25, 0.3) is 0 Å². The number of hydrogen-bond donors (Lipinski definition) is 1. The van der Waals surface area contributed by atoms with Gasteiger partial charge in [0.15, 0.2) is 0 Å². The molecule has 1 N–H and O–H groups in total. The van der Waals surface area contributed by atoms with Gasteiger partial charge in [-0.1, -0.05) is 18.2 Å². The molecular formula is C16H27NO2. The monoisotopic (exact) mass is 265 g/mol. The van der Waals surface area contributed by atoms with Crippen LogP contribution in [0.25, 0.3) is 0 Å². The minimum absolute atomic E-state index is 0.306. The van der Waals surface area contributed by atoms with Crippen molar-refractivity contribution in [1.82, 2.24) is 4.90 Å². The number of benzene rings is 1. The van der Waals surface area contributed by atoms with Crippen molar-refractivity contribution in [3.8, 4) is 5.75 Å². The first-order valence-electron chi connectivity index (χ1n) is 7.12. The van der Waals surface area contributed by atoms with E-state index in [0.717, 1.165) is 38.0 Å². The Morgan fingerprint density at radius 3 is 2.63 bits per heavy atom. The first-order valence-corrected chi connectivity index (χ1v) is 7.12. The van der Waals surface area contributed by atoms with Gasteiger partial charge in [-0.25, -0.2) is 0 Å². The lowest BCUT2D eigenvalue weighted by molar-refractivity contribution is 0.239. The summed E-state index contributed by atoms with van der Waals surface area (Å²) in [6.07, 6.45) is 4.16. The molecule has 0 heterocycles. The maximum Gasteiger partial charge on any atom is 0.122 e. The van der Waals surface area contributed by atoms with Gasteiger partial charge in [0, 0.05) is 12.6 Å². The maximum absolute atomic E-state index is 8.77. The molecular weight excluding hydrogens is 238 g/mol. The molecule has 3 heteroatoms. The van der Waals surface area contributed by atoms with Gasteiger partial charge in [-0.3, -0.25) is 0 Å². The largest absolute Gasteiger partial charge is 0.496 e. The molecule has 1 atom stereocenters. The number of aliphatic hydroxyl groups is 1. The van der Waals surface area contributed by atoms with Gasteiger partial charge in [0.1, 0.15) is 5.75 Å². The zero-order valence-corrected chi connectivity index (χ0v) is 12.4. The van der Waals surface area contributed by atoms with Gasteiger partial charge in [-0.05, 0) is 57.8 Å². The third-order valence-corrected chi connectivity index (χ3v) is 3.63. The molecule has 0 amide bonds. The standard InChI is InChI=1S/C16H27NO2/c1-14(17(2)11-7-4-8-12-18)13-15-9-5-6-10-16(15)19-3/h5-6,9-10,14,18H,4,7-8,11-13H2,1-3H3. The summed E-state index contributed by atoms with van der Waals surface area (Å²) < 4.78 is 5.39. The van der Waals surface area contributed by atoms with Gasteiger partial charge in [0.2, 0.25) is 0 Å². The summed E-state index contributed by atoms with van der Waals surface area (Å²) in [4.78, 5) is 2.38. The predicted octanol–water partition coefficient (Wildman–Crippen LogP) is 2.72. The molecule has 108 valence electrons. The molecule has 0 saturated heterocycles. The molecule has 0 aromatic heterocycles. The number of aliphatic hydroxyl groups excluding tert-OH is 1. The fourth-order valence-electron chi connectivity index (χ4n) is 2.22. The molecule has 0 saturated carbocycles. The van der Waals surface area contributed by atoms with E-state index in [9.17, 15) is 0 Å². The molecule has 0 bridgehead atoms.